The molecule has 1 aliphatic rings. The van der Waals surface area contributed by atoms with Crippen LogP contribution in [0.3, 0.4) is 0 Å². The first-order valence-electron chi connectivity index (χ1n) is 9.63. The number of amides is 2. The highest BCUT2D eigenvalue weighted by atomic mass is 16.6. The molecule has 156 valence electrons. The molecule has 1 heterocycles. The number of fused-ring (bicyclic) bond motifs is 1. The number of non-ortho nitro benzene ring substituents is 1. The van der Waals surface area contributed by atoms with E-state index in [-0.39, 0.29) is 18.1 Å². The van der Waals surface area contributed by atoms with E-state index in [1.54, 1.807) is 33.0 Å². The molecule has 29 heavy (non-hydrogen) atoms. The van der Waals surface area contributed by atoms with Crippen LogP contribution in [-0.2, 0) is 4.74 Å². The number of nitro groups is 1. The number of aromatic amines is 1. The van der Waals surface area contributed by atoms with Crippen LogP contribution < -0.4 is 10.6 Å². The van der Waals surface area contributed by atoms with Gasteiger partial charge in [-0.25, -0.2) is 4.79 Å². The summed E-state index contributed by atoms with van der Waals surface area (Å²) < 4.78 is 5.28. The van der Waals surface area contributed by atoms with Gasteiger partial charge in [-0.05, 0) is 39.7 Å². The van der Waals surface area contributed by atoms with Gasteiger partial charge in [0.1, 0.15) is 5.60 Å². The molecule has 0 atom stereocenters. The van der Waals surface area contributed by atoms with Crippen molar-refractivity contribution in [3.05, 3.63) is 40.1 Å². The number of nitrogens with one attached hydrogen (secondary N) is 3. The predicted molar refractivity (Wildman–Crippen MR) is 108 cm³/mol. The lowest BCUT2D eigenvalue weighted by Crippen LogP contribution is -2.54. The number of carbonyl (C=O) groups is 2. The van der Waals surface area contributed by atoms with Gasteiger partial charge in [0.2, 0.25) is 0 Å². The lowest BCUT2D eigenvalue weighted by Gasteiger charge is -2.31. The molecule has 0 spiro atoms. The Balaban J connectivity index is 1.76. The molecule has 0 aliphatic heterocycles. The maximum absolute atomic E-state index is 13.0. The SMILES string of the molecule is CC(C)(C)OC(=O)NCC1(NC(=O)c2c[nH]c3ccc([N+](=O)[O-])cc23)CCCC1. The minimum Gasteiger partial charge on any atom is -0.444 e. The third-order valence-electron chi connectivity index (χ3n) is 5.03. The van der Waals surface area contributed by atoms with Crippen LogP contribution in [0.5, 0.6) is 0 Å². The van der Waals surface area contributed by atoms with Crippen molar-refractivity contribution in [3.8, 4) is 0 Å². The van der Waals surface area contributed by atoms with Gasteiger partial charge in [-0.2, -0.15) is 0 Å². The van der Waals surface area contributed by atoms with E-state index in [2.05, 4.69) is 15.6 Å². The van der Waals surface area contributed by atoms with E-state index in [1.807, 2.05) is 0 Å². The van der Waals surface area contributed by atoms with Crippen LogP contribution in [0.2, 0.25) is 0 Å². The van der Waals surface area contributed by atoms with Crippen molar-refractivity contribution in [1.82, 2.24) is 15.6 Å². The van der Waals surface area contributed by atoms with Gasteiger partial charge in [-0.15, -0.1) is 0 Å². The number of nitrogens with zero attached hydrogens (tertiary/aromatic N) is 1. The summed E-state index contributed by atoms with van der Waals surface area (Å²) >= 11 is 0. The van der Waals surface area contributed by atoms with Gasteiger partial charge >= 0.3 is 6.09 Å². The molecule has 0 unspecified atom stereocenters. The van der Waals surface area contributed by atoms with E-state index < -0.39 is 22.2 Å². The van der Waals surface area contributed by atoms with E-state index >= 15 is 0 Å². The Bertz CT molecular complexity index is 938. The second kappa shape index (κ2) is 7.73. The lowest BCUT2D eigenvalue weighted by molar-refractivity contribution is -0.384. The molecule has 2 amide bonds. The topological polar surface area (TPSA) is 126 Å². The number of hydrogen-bond donors (Lipinski definition) is 3. The highest BCUT2D eigenvalue weighted by Gasteiger charge is 2.36. The standard InChI is InChI=1S/C20H26N4O5/c1-19(2,3)29-18(26)22-12-20(8-4-5-9-20)23-17(25)15-11-21-16-7-6-13(24(27)28)10-14(15)16/h6-7,10-11,21H,4-5,8-9,12H2,1-3H3,(H,22,26)(H,23,25). The summed E-state index contributed by atoms with van der Waals surface area (Å²) in [5, 5.41) is 17.4. The Kier molecular flexibility index (Phi) is 5.50. The maximum atomic E-state index is 13.0. The third kappa shape index (κ3) is 4.85. The van der Waals surface area contributed by atoms with Gasteiger partial charge in [0.05, 0.1) is 16.0 Å². The van der Waals surface area contributed by atoms with E-state index in [0.717, 1.165) is 25.7 Å². The zero-order valence-corrected chi connectivity index (χ0v) is 16.8. The highest BCUT2D eigenvalue weighted by Crippen LogP contribution is 2.31. The maximum Gasteiger partial charge on any atom is 0.407 e. The van der Waals surface area contributed by atoms with Crippen LogP contribution in [0.1, 0.15) is 56.8 Å². The Labute approximate surface area is 168 Å². The number of alkyl carbamates (subject to hydrolysis) is 1. The molecule has 9 nitrogen and oxygen atoms in total. The Morgan fingerprint density at radius 3 is 2.59 bits per heavy atom. The fraction of sp³-hybridized carbons (Fsp3) is 0.500. The van der Waals surface area contributed by atoms with E-state index in [0.29, 0.717) is 16.5 Å². The summed E-state index contributed by atoms with van der Waals surface area (Å²) in [6, 6.07) is 4.37. The van der Waals surface area contributed by atoms with Crippen molar-refractivity contribution in [3.63, 3.8) is 0 Å². The van der Waals surface area contributed by atoms with Crippen molar-refractivity contribution in [1.29, 1.82) is 0 Å². The zero-order chi connectivity index (χ0) is 21.2. The van der Waals surface area contributed by atoms with Crippen molar-refractivity contribution >= 4 is 28.6 Å². The Hall–Kier alpha value is -3.10. The average molecular weight is 402 g/mol. The number of hydrogen-bond acceptors (Lipinski definition) is 5. The van der Waals surface area contributed by atoms with Crippen LogP contribution in [0, 0.1) is 10.1 Å². The second-order valence-corrected chi connectivity index (χ2v) is 8.49. The number of carbonyl (C=O) groups excluding carboxylic acids is 2. The van der Waals surface area contributed by atoms with E-state index in [1.165, 1.54) is 12.1 Å². The monoisotopic (exact) mass is 402 g/mol. The number of rotatable bonds is 5. The highest BCUT2D eigenvalue weighted by molar-refractivity contribution is 6.07. The molecule has 1 aromatic carbocycles. The fourth-order valence-corrected chi connectivity index (χ4v) is 3.67. The molecule has 0 radical (unpaired) electrons. The Morgan fingerprint density at radius 2 is 1.97 bits per heavy atom. The first-order chi connectivity index (χ1) is 13.6. The minimum absolute atomic E-state index is 0.0756. The summed E-state index contributed by atoms with van der Waals surface area (Å²) in [5.74, 6) is -0.329. The molecular formula is C20H26N4O5. The summed E-state index contributed by atoms with van der Waals surface area (Å²) in [4.78, 5) is 38.6. The van der Waals surface area contributed by atoms with Crippen molar-refractivity contribution < 1.29 is 19.2 Å². The summed E-state index contributed by atoms with van der Waals surface area (Å²) in [5.41, 5.74) is -0.263. The summed E-state index contributed by atoms with van der Waals surface area (Å²) in [6.07, 6.45) is 4.37. The van der Waals surface area contributed by atoms with Gasteiger partial charge in [0.25, 0.3) is 11.6 Å². The third-order valence-corrected chi connectivity index (χ3v) is 5.03. The summed E-state index contributed by atoms with van der Waals surface area (Å²) in [7, 11) is 0. The molecule has 1 aliphatic carbocycles. The molecule has 0 saturated heterocycles. The van der Waals surface area contributed by atoms with Gasteiger partial charge in [-0.3, -0.25) is 14.9 Å². The van der Waals surface area contributed by atoms with Crippen LogP contribution in [0.15, 0.2) is 24.4 Å². The van der Waals surface area contributed by atoms with Crippen molar-refractivity contribution in [2.45, 2.75) is 57.6 Å². The molecule has 1 aromatic heterocycles. The van der Waals surface area contributed by atoms with Crippen molar-refractivity contribution in [2.24, 2.45) is 0 Å². The summed E-state index contributed by atoms with van der Waals surface area (Å²) in [6.45, 7) is 5.62. The fourth-order valence-electron chi connectivity index (χ4n) is 3.67. The normalized spacial score (nSPS) is 15.8. The van der Waals surface area contributed by atoms with Gasteiger partial charge in [0, 0.05) is 35.8 Å². The number of ether oxygens (including phenoxy) is 1. The lowest BCUT2D eigenvalue weighted by atomic mass is 9.96. The Morgan fingerprint density at radius 1 is 1.28 bits per heavy atom. The minimum atomic E-state index is -0.602. The molecule has 3 N–H and O–H groups in total. The number of nitro benzene ring substituents is 1. The largest absolute Gasteiger partial charge is 0.444 e. The van der Waals surface area contributed by atoms with Crippen LogP contribution in [-0.4, -0.2) is 39.6 Å². The zero-order valence-electron chi connectivity index (χ0n) is 16.8. The first kappa shape index (κ1) is 20.6. The predicted octanol–water partition coefficient (Wildman–Crippen LogP) is 3.64. The quantitative estimate of drug-likeness (QED) is 0.520. The van der Waals surface area contributed by atoms with Crippen LogP contribution in [0.25, 0.3) is 10.9 Å². The van der Waals surface area contributed by atoms with E-state index in [4.69, 9.17) is 4.74 Å². The van der Waals surface area contributed by atoms with Gasteiger partial charge < -0.3 is 20.4 Å². The van der Waals surface area contributed by atoms with Crippen LogP contribution in [0.4, 0.5) is 10.5 Å². The average Bonchev–Trinajstić information content (AvgIpc) is 3.25. The van der Waals surface area contributed by atoms with Gasteiger partial charge in [-0.1, -0.05) is 12.8 Å². The molecule has 1 fully saturated rings. The van der Waals surface area contributed by atoms with Gasteiger partial charge in [0.15, 0.2) is 0 Å². The first-order valence-corrected chi connectivity index (χ1v) is 9.63. The molecular weight excluding hydrogens is 376 g/mol. The molecule has 0 bridgehead atoms. The van der Waals surface area contributed by atoms with Crippen LogP contribution >= 0.6 is 0 Å². The molecule has 9 heteroatoms. The molecule has 2 aromatic rings. The second-order valence-electron chi connectivity index (χ2n) is 8.49. The smallest absolute Gasteiger partial charge is 0.407 e. The molecule has 1 saturated carbocycles. The number of aromatic nitrogens is 1. The molecule has 3 rings (SSSR count). The number of H-pyrrole nitrogens is 1. The van der Waals surface area contributed by atoms with Crippen molar-refractivity contribution in [2.75, 3.05) is 6.54 Å². The van der Waals surface area contributed by atoms with E-state index in [9.17, 15) is 19.7 Å². The number of benzene rings is 1.